The molecule has 0 aromatic heterocycles. The van der Waals surface area contributed by atoms with Crippen molar-refractivity contribution >= 4 is 5.78 Å². The van der Waals surface area contributed by atoms with Gasteiger partial charge < -0.3 is 0 Å². The van der Waals surface area contributed by atoms with Gasteiger partial charge in [0.2, 0.25) is 0 Å². The molecular formula is C10H16O. The molecule has 0 aliphatic heterocycles. The van der Waals surface area contributed by atoms with Crippen molar-refractivity contribution in [2.45, 2.75) is 27.2 Å². The fourth-order valence-corrected chi connectivity index (χ4v) is 0.997. The highest BCUT2D eigenvalue weighted by molar-refractivity contribution is 5.84. The first-order valence-electron chi connectivity index (χ1n) is 3.82. The Kier molecular flexibility index (Phi) is 3.80. The van der Waals surface area contributed by atoms with Gasteiger partial charge in [-0.25, -0.2) is 0 Å². The summed E-state index contributed by atoms with van der Waals surface area (Å²) in [6.45, 7) is 9.09. The molecule has 0 bridgehead atoms. The van der Waals surface area contributed by atoms with Crippen LogP contribution >= 0.6 is 0 Å². The van der Waals surface area contributed by atoms with Crippen LogP contribution in [0, 0.1) is 5.41 Å². The van der Waals surface area contributed by atoms with E-state index in [-0.39, 0.29) is 11.2 Å². The van der Waals surface area contributed by atoms with Gasteiger partial charge in [0.1, 0.15) is 5.78 Å². The summed E-state index contributed by atoms with van der Waals surface area (Å²) < 4.78 is 0. The smallest absolute Gasteiger partial charge is 0.139 e. The number of rotatable bonds is 4. The molecule has 0 amide bonds. The van der Waals surface area contributed by atoms with Crippen molar-refractivity contribution in [2.24, 2.45) is 5.41 Å². The predicted molar refractivity (Wildman–Crippen MR) is 48.4 cm³/mol. The number of hydrogen-bond donors (Lipinski definition) is 0. The number of hydrogen-bond acceptors (Lipinski definition) is 1. The summed E-state index contributed by atoms with van der Waals surface area (Å²) >= 11 is 0. The highest BCUT2D eigenvalue weighted by Gasteiger charge is 2.23. The number of ketones is 1. The highest BCUT2D eigenvalue weighted by atomic mass is 16.1. The van der Waals surface area contributed by atoms with Crippen molar-refractivity contribution in [3.8, 4) is 0 Å². The summed E-state index contributed by atoms with van der Waals surface area (Å²) in [5.74, 6) is 0.190. The molecule has 1 unspecified atom stereocenters. The van der Waals surface area contributed by atoms with Crippen LogP contribution in [0.2, 0.25) is 0 Å². The van der Waals surface area contributed by atoms with Crippen LogP contribution in [0.25, 0.3) is 0 Å². The van der Waals surface area contributed by atoms with Gasteiger partial charge >= 0.3 is 0 Å². The molecule has 1 nitrogen and oxygen atoms in total. The summed E-state index contributed by atoms with van der Waals surface area (Å²) in [5.41, 5.74) is -0.337. The van der Waals surface area contributed by atoms with E-state index in [9.17, 15) is 4.79 Å². The molecule has 0 spiro atoms. The summed E-state index contributed by atoms with van der Waals surface area (Å²) in [6.07, 6.45) is 6.33. The molecule has 0 heterocycles. The Balaban J connectivity index is 4.50. The van der Waals surface area contributed by atoms with E-state index in [2.05, 4.69) is 6.58 Å². The van der Waals surface area contributed by atoms with Gasteiger partial charge in [-0.2, -0.15) is 0 Å². The van der Waals surface area contributed by atoms with Gasteiger partial charge in [-0.3, -0.25) is 4.79 Å². The topological polar surface area (TPSA) is 17.1 Å². The van der Waals surface area contributed by atoms with Gasteiger partial charge in [0, 0.05) is 5.41 Å². The third-order valence-electron chi connectivity index (χ3n) is 1.91. The normalized spacial score (nSPS) is 16.3. The van der Waals surface area contributed by atoms with Gasteiger partial charge in [0.25, 0.3) is 0 Å². The van der Waals surface area contributed by atoms with Crippen LogP contribution in [0.4, 0.5) is 0 Å². The lowest BCUT2D eigenvalue weighted by atomic mass is 9.83. The van der Waals surface area contributed by atoms with Crippen LogP contribution in [0.3, 0.4) is 0 Å². The van der Waals surface area contributed by atoms with Crippen molar-refractivity contribution in [1.82, 2.24) is 0 Å². The molecule has 11 heavy (non-hydrogen) atoms. The Bertz CT molecular complexity index is 179. The maximum Gasteiger partial charge on any atom is 0.139 e. The molecule has 0 fully saturated rings. The summed E-state index contributed by atoms with van der Waals surface area (Å²) in [6, 6.07) is 0. The molecule has 0 rings (SSSR count). The highest BCUT2D eigenvalue weighted by Crippen LogP contribution is 2.24. The van der Waals surface area contributed by atoms with E-state index in [1.54, 1.807) is 13.0 Å². The van der Waals surface area contributed by atoms with Gasteiger partial charge in [0.05, 0.1) is 0 Å². The van der Waals surface area contributed by atoms with Gasteiger partial charge in [-0.1, -0.05) is 18.2 Å². The van der Waals surface area contributed by atoms with E-state index in [0.29, 0.717) is 6.42 Å². The average Bonchev–Trinajstić information content (AvgIpc) is 1.88. The van der Waals surface area contributed by atoms with Crippen molar-refractivity contribution in [1.29, 1.82) is 0 Å². The minimum Gasteiger partial charge on any atom is -0.299 e. The van der Waals surface area contributed by atoms with E-state index in [1.807, 2.05) is 26.0 Å². The lowest BCUT2D eigenvalue weighted by molar-refractivity contribution is -0.123. The second kappa shape index (κ2) is 4.12. The van der Waals surface area contributed by atoms with Crippen molar-refractivity contribution in [3.63, 3.8) is 0 Å². The first-order chi connectivity index (χ1) is 5.06. The van der Waals surface area contributed by atoms with Gasteiger partial charge in [-0.05, 0) is 27.2 Å². The minimum absolute atomic E-state index is 0.190. The standard InChI is InChI=1S/C10H16O/c1-5-7-10(4,8-6-2)9(3)11/h5-6,8H,1,7H2,2-4H3. The molecule has 1 heteroatoms. The molecule has 0 radical (unpaired) electrons. The third-order valence-corrected chi connectivity index (χ3v) is 1.91. The van der Waals surface area contributed by atoms with Crippen LogP contribution in [-0.2, 0) is 4.79 Å². The summed E-state index contributed by atoms with van der Waals surface area (Å²) in [7, 11) is 0. The zero-order valence-corrected chi connectivity index (χ0v) is 7.55. The molecule has 0 aliphatic rings. The number of carbonyl (C=O) groups is 1. The van der Waals surface area contributed by atoms with Crippen LogP contribution in [0.1, 0.15) is 27.2 Å². The van der Waals surface area contributed by atoms with E-state index >= 15 is 0 Å². The molecule has 0 N–H and O–H groups in total. The predicted octanol–water partition coefficient (Wildman–Crippen LogP) is 2.73. The third kappa shape index (κ3) is 2.71. The lowest BCUT2D eigenvalue weighted by Crippen LogP contribution is -2.21. The largest absolute Gasteiger partial charge is 0.299 e. The molecule has 62 valence electrons. The van der Waals surface area contributed by atoms with Crippen LogP contribution in [0.5, 0.6) is 0 Å². The molecule has 0 aromatic rings. The summed E-state index contributed by atoms with van der Waals surface area (Å²) in [4.78, 5) is 11.1. The van der Waals surface area contributed by atoms with Crippen molar-refractivity contribution in [3.05, 3.63) is 24.8 Å². The zero-order valence-electron chi connectivity index (χ0n) is 7.55. The fourth-order valence-electron chi connectivity index (χ4n) is 0.997. The Morgan fingerprint density at radius 1 is 1.64 bits per heavy atom. The Morgan fingerprint density at radius 2 is 2.18 bits per heavy atom. The van der Waals surface area contributed by atoms with Gasteiger partial charge in [0.15, 0.2) is 0 Å². The maximum atomic E-state index is 11.1. The number of allylic oxidation sites excluding steroid dienone is 3. The first-order valence-corrected chi connectivity index (χ1v) is 3.82. The summed E-state index contributed by atoms with van der Waals surface area (Å²) in [5, 5.41) is 0. The molecule has 0 aromatic carbocycles. The van der Waals surface area contributed by atoms with E-state index in [0.717, 1.165) is 0 Å². The second-order valence-corrected chi connectivity index (χ2v) is 2.97. The van der Waals surface area contributed by atoms with E-state index in [4.69, 9.17) is 0 Å². The fraction of sp³-hybridized carbons (Fsp3) is 0.500. The van der Waals surface area contributed by atoms with Gasteiger partial charge in [-0.15, -0.1) is 6.58 Å². The lowest BCUT2D eigenvalue weighted by Gasteiger charge is -2.20. The van der Waals surface area contributed by atoms with Crippen molar-refractivity contribution < 1.29 is 4.79 Å². The minimum atomic E-state index is -0.337. The maximum absolute atomic E-state index is 11.1. The number of carbonyl (C=O) groups excluding carboxylic acids is 1. The SMILES string of the molecule is C=CCC(C)(C=CC)C(C)=O. The molecule has 0 aliphatic carbocycles. The van der Waals surface area contributed by atoms with E-state index in [1.165, 1.54) is 0 Å². The molecule has 0 saturated carbocycles. The zero-order chi connectivity index (χ0) is 8.91. The second-order valence-electron chi connectivity index (χ2n) is 2.97. The molecule has 1 atom stereocenters. The van der Waals surface area contributed by atoms with Crippen molar-refractivity contribution in [2.75, 3.05) is 0 Å². The van der Waals surface area contributed by atoms with Crippen LogP contribution < -0.4 is 0 Å². The van der Waals surface area contributed by atoms with E-state index < -0.39 is 0 Å². The van der Waals surface area contributed by atoms with Crippen LogP contribution in [0.15, 0.2) is 24.8 Å². The Labute approximate surface area is 68.8 Å². The quantitative estimate of drug-likeness (QED) is 0.566. The number of Topliss-reactive ketones (excluding diaryl/α,β-unsaturated/α-hetero) is 1. The first kappa shape index (κ1) is 10.2. The Hall–Kier alpha value is -0.850. The monoisotopic (exact) mass is 152 g/mol. The molecular weight excluding hydrogens is 136 g/mol. The van der Waals surface area contributed by atoms with Crippen LogP contribution in [-0.4, -0.2) is 5.78 Å². The Morgan fingerprint density at radius 3 is 2.45 bits per heavy atom. The molecule has 0 saturated heterocycles. The average molecular weight is 152 g/mol.